The van der Waals surface area contributed by atoms with Crippen LogP contribution in [0.1, 0.15) is 0 Å². The zero-order valence-electron chi connectivity index (χ0n) is 9.37. The molecule has 3 aromatic rings. The molecule has 3 rings (SSSR count). The normalized spacial score (nSPS) is 10.7. The fourth-order valence-corrected chi connectivity index (χ4v) is 4.38. The van der Waals surface area contributed by atoms with E-state index < -0.39 is 0 Å². The number of rotatable bonds is 1. The molecule has 2 nitrogen and oxygen atoms in total. The molecule has 0 unspecified atom stereocenters. The van der Waals surface area contributed by atoms with Crippen molar-refractivity contribution >= 4 is 36.4 Å². The standard InChI is InChI=1S/C14H9NOSSe/c16-13-11-8-4-5-9-12(11)18-14(17)15(13)10-6-2-1-3-7-10/h1-9H. The second-order valence-corrected chi connectivity index (χ2v) is 6.97. The fraction of sp³-hybridized carbons (Fsp3) is 0. The van der Waals surface area contributed by atoms with E-state index in [9.17, 15) is 4.79 Å². The molecule has 1 heterocycles. The van der Waals surface area contributed by atoms with Gasteiger partial charge in [0.25, 0.3) is 0 Å². The van der Waals surface area contributed by atoms with E-state index in [0.29, 0.717) is 0 Å². The second-order valence-electron chi connectivity index (χ2n) is 3.84. The van der Waals surface area contributed by atoms with Gasteiger partial charge in [-0.05, 0) is 0 Å². The van der Waals surface area contributed by atoms with Gasteiger partial charge in [-0.2, -0.15) is 0 Å². The van der Waals surface area contributed by atoms with Gasteiger partial charge >= 0.3 is 115 Å². The van der Waals surface area contributed by atoms with Gasteiger partial charge in [-0.15, -0.1) is 0 Å². The SMILES string of the molecule is O=c1c2ccccc2[se]c(=S)n1-c1ccccc1. The molecule has 0 fully saturated rings. The molecule has 0 spiro atoms. The molecular formula is C14H9NOSSe. The van der Waals surface area contributed by atoms with Crippen LogP contribution in [0.15, 0.2) is 59.4 Å². The van der Waals surface area contributed by atoms with Crippen LogP contribution in [-0.4, -0.2) is 19.1 Å². The minimum absolute atomic E-state index is 0.0186. The average Bonchev–Trinajstić information content (AvgIpc) is 2.40. The monoisotopic (exact) mass is 319 g/mol. The molecule has 4 heteroatoms. The van der Waals surface area contributed by atoms with Crippen molar-refractivity contribution in [2.45, 2.75) is 0 Å². The van der Waals surface area contributed by atoms with Crippen LogP contribution >= 0.6 is 12.2 Å². The van der Waals surface area contributed by atoms with E-state index in [2.05, 4.69) is 0 Å². The van der Waals surface area contributed by atoms with Crippen molar-refractivity contribution in [1.29, 1.82) is 0 Å². The van der Waals surface area contributed by atoms with Crippen molar-refractivity contribution in [3.8, 4) is 5.69 Å². The summed E-state index contributed by atoms with van der Waals surface area (Å²) in [4.78, 5) is 12.5. The summed E-state index contributed by atoms with van der Waals surface area (Å²) >= 11 is 5.43. The van der Waals surface area contributed by atoms with Crippen LogP contribution in [0.3, 0.4) is 0 Å². The molecule has 0 amide bonds. The van der Waals surface area contributed by atoms with E-state index in [-0.39, 0.29) is 20.1 Å². The van der Waals surface area contributed by atoms with Crippen LogP contribution in [0.2, 0.25) is 0 Å². The number of fused-ring (bicyclic) bond motifs is 1. The Morgan fingerprint density at radius 2 is 1.61 bits per heavy atom. The van der Waals surface area contributed by atoms with Crippen LogP contribution in [0.25, 0.3) is 15.3 Å². The van der Waals surface area contributed by atoms with E-state index in [4.69, 9.17) is 12.2 Å². The Kier molecular flexibility index (Phi) is 3.00. The van der Waals surface area contributed by atoms with E-state index in [1.54, 1.807) is 4.57 Å². The van der Waals surface area contributed by atoms with Crippen molar-refractivity contribution in [3.63, 3.8) is 0 Å². The summed E-state index contributed by atoms with van der Waals surface area (Å²) in [7, 11) is 0. The molecule has 0 aliphatic heterocycles. The van der Waals surface area contributed by atoms with Gasteiger partial charge in [-0.3, -0.25) is 0 Å². The average molecular weight is 318 g/mol. The van der Waals surface area contributed by atoms with Gasteiger partial charge in [-0.1, -0.05) is 0 Å². The molecule has 0 atom stereocenters. The predicted octanol–water partition coefficient (Wildman–Crippen LogP) is 2.78. The van der Waals surface area contributed by atoms with Gasteiger partial charge in [0.15, 0.2) is 0 Å². The third-order valence-corrected chi connectivity index (χ3v) is 5.29. The van der Waals surface area contributed by atoms with Crippen LogP contribution in [0.5, 0.6) is 0 Å². The van der Waals surface area contributed by atoms with Gasteiger partial charge in [-0.25, -0.2) is 0 Å². The quantitative estimate of drug-likeness (QED) is 0.508. The third-order valence-electron chi connectivity index (χ3n) is 2.71. The third kappa shape index (κ3) is 1.89. The maximum absolute atomic E-state index is 12.5. The number of hydrogen-bond donors (Lipinski definition) is 0. The molecule has 88 valence electrons. The summed E-state index contributed by atoms with van der Waals surface area (Å²) in [5.74, 6) is 0. The van der Waals surface area contributed by atoms with E-state index >= 15 is 0 Å². The summed E-state index contributed by atoms with van der Waals surface area (Å²) in [6, 6.07) is 17.3. The molecule has 1 aromatic heterocycles. The van der Waals surface area contributed by atoms with Crippen LogP contribution in [-0.2, 0) is 0 Å². The summed E-state index contributed by atoms with van der Waals surface area (Å²) in [6.45, 7) is 0. The van der Waals surface area contributed by atoms with Crippen molar-refractivity contribution in [1.82, 2.24) is 4.57 Å². The van der Waals surface area contributed by atoms with E-state index in [0.717, 1.165) is 18.8 Å². The number of aromatic nitrogens is 1. The molecule has 18 heavy (non-hydrogen) atoms. The topological polar surface area (TPSA) is 22.0 Å². The van der Waals surface area contributed by atoms with Gasteiger partial charge in [0.1, 0.15) is 0 Å². The van der Waals surface area contributed by atoms with Gasteiger partial charge in [0, 0.05) is 0 Å². The molecule has 0 aliphatic carbocycles. The predicted molar refractivity (Wildman–Crippen MR) is 77.3 cm³/mol. The first-order valence-electron chi connectivity index (χ1n) is 5.48. The summed E-state index contributed by atoms with van der Waals surface area (Å²) in [5.41, 5.74) is 0.832. The Hall–Kier alpha value is -1.48. The summed E-state index contributed by atoms with van der Waals surface area (Å²) < 4.78 is 3.45. The molecule has 0 N–H and O–H groups in total. The second kappa shape index (κ2) is 4.65. The molecule has 0 saturated carbocycles. The van der Waals surface area contributed by atoms with Crippen molar-refractivity contribution in [2.24, 2.45) is 0 Å². The van der Waals surface area contributed by atoms with Crippen molar-refractivity contribution < 1.29 is 0 Å². The number of hydrogen-bond acceptors (Lipinski definition) is 2. The zero-order chi connectivity index (χ0) is 12.5. The maximum atomic E-state index is 12.5. The Morgan fingerprint density at radius 1 is 0.944 bits per heavy atom. The van der Waals surface area contributed by atoms with E-state index in [1.807, 2.05) is 54.6 Å². The van der Waals surface area contributed by atoms with Crippen LogP contribution < -0.4 is 5.56 Å². The molecule has 0 radical (unpaired) electrons. The first-order chi connectivity index (χ1) is 8.77. The van der Waals surface area contributed by atoms with Gasteiger partial charge in [0.2, 0.25) is 0 Å². The Bertz CT molecular complexity index is 820. The minimum atomic E-state index is -0.0186. The van der Waals surface area contributed by atoms with Gasteiger partial charge < -0.3 is 0 Å². The first kappa shape index (κ1) is 11.6. The van der Waals surface area contributed by atoms with Crippen LogP contribution in [0.4, 0.5) is 0 Å². The molecular weight excluding hydrogens is 309 g/mol. The summed E-state index contributed by atoms with van der Waals surface area (Å²) in [6.07, 6.45) is 0. The molecule has 0 aliphatic rings. The fourth-order valence-electron chi connectivity index (χ4n) is 1.88. The number of nitrogens with zero attached hydrogens (tertiary/aromatic N) is 1. The summed E-state index contributed by atoms with van der Waals surface area (Å²) in [5, 5.41) is 0.773. The first-order valence-corrected chi connectivity index (χ1v) is 7.60. The molecule has 0 saturated heterocycles. The van der Waals surface area contributed by atoms with Gasteiger partial charge in [0.05, 0.1) is 0 Å². The van der Waals surface area contributed by atoms with Crippen molar-refractivity contribution in [2.75, 3.05) is 0 Å². The van der Waals surface area contributed by atoms with E-state index in [1.165, 1.54) is 0 Å². The number of benzene rings is 2. The Balaban J connectivity index is 2.45. The number of para-hydroxylation sites is 1. The zero-order valence-corrected chi connectivity index (χ0v) is 11.9. The Labute approximate surface area is 115 Å². The molecule has 0 bridgehead atoms. The van der Waals surface area contributed by atoms with Crippen molar-refractivity contribution in [3.05, 3.63) is 68.5 Å². The molecule has 2 aromatic carbocycles. The Morgan fingerprint density at radius 3 is 2.39 bits per heavy atom. The van der Waals surface area contributed by atoms with Crippen LogP contribution in [0, 0.1) is 3.51 Å².